The number of hydrogen-bond donors (Lipinski definition) is 1. The Morgan fingerprint density at radius 1 is 1.56 bits per heavy atom. The zero-order chi connectivity index (χ0) is 12.3. The van der Waals surface area contributed by atoms with Crippen molar-refractivity contribution in [3.05, 3.63) is 29.8 Å². The van der Waals surface area contributed by atoms with Crippen molar-refractivity contribution < 1.29 is 13.9 Å². The van der Waals surface area contributed by atoms with Crippen LogP contribution >= 0.6 is 0 Å². The molecule has 0 aliphatic carbocycles. The normalized spacial score (nSPS) is 13.3. The van der Waals surface area contributed by atoms with E-state index in [9.17, 15) is 9.18 Å². The van der Waals surface area contributed by atoms with Gasteiger partial charge in [0.15, 0.2) is 0 Å². The Bertz CT molecular complexity index is 376. The molecule has 1 atom stereocenters. The first-order chi connectivity index (χ1) is 7.39. The van der Waals surface area contributed by atoms with Crippen LogP contribution in [0.4, 0.5) is 4.39 Å². The average Bonchev–Trinajstić information content (AvgIpc) is 2.27. The van der Waals surface area contributed by atoms with Crippen LogP contribution in [0.15, 0.2) is 18.3 Å². The van der Waals surface area contributed by atoms with Gasteiger partial charge in [-0.15, -0.1) is 0 Å². The first-order valence-corrected chi connectivity index (χ1v) is 4.85. The van der Waals surface area contributed by atoms with Gasteiger partial charge in [0.25, 0.3) is 0 Å². The summed E-state index contributed by atoms with van der Waals surface area (Å²) in [4.78, 5) is 15.3. The number of halogens is 1. The molecule has 1 unspecified atom stereocenters. The Kier molecular flexibility index (Phi) is 3.59. The number of methoxy groups -OCH3 is 1. The number of hydrogen-bond acceptors (Lipinski definition) is 4. The van der Waals surface area contributed by atoms with E-state index < -0.39 is 23.2 Å². The van der Waals surface area contributed by atoms with Crippen molar-refractivity contribution in [1.29, 1.82) is 0 Å². The topological polar surface area (TPSA) is 65.2 Å². The van der Waals surface area contributed by atoms with Crippen molar-refractivity contribution in [1.82, 2.24) is 4.98 Å². The predicted octanol–water partition coefficient (Wildman–Crippen LogP) is 0.999. The predicted molar refractivity (Wildman–Crippen MR) is 57.2 cm³/mol. The van der Waals surface area contributed by atoms with Crippen LogP contribution in [0.3, 0.4) is 0 Å². The van der Waals surface area contributed by atoms with Crippen molar-refractivity contribution in [2.45, 2.75) is 25.3 Å². The Morgan fingerprint density at radius 3 is 2.62 bits per heavy atom. The molecule has 0 fully saturated rings. The Balaban J connectivity index is 3.01. The molecular weight excluding hydrogens is 211 g/mol. The molecule has 0 radical (unpaired) electrons. The van der Waals surface area contributed by atoms with Gasteiger partial charge in [0.2, 0.25) is 0 Å². The van der Waals surface area contributed by atoms with Gasteiger partial charge in [0, 0.05) is 11.1 Å². The van der Waals surface area contributed by atoms with Gasteiger partial charge >= 0.3 is 5.97 Å². The van der Waals surface area contributed by atoms with Gasteiger partial charge in [-0.3, -0.25) is 9.78 Å². The van der Waals surface area contributed by atoms with Crippen LogP contribution in [0.1, 0.15) is 19.5 Å². The molecule has 0 aromatic carbocycles. The maximum atomic E-state index is 12.7. The summed E-state index contributed by atoms with van der Waals surface area (Å²) in [5, 5.41) is 0. The monoisotopic (exact) mass is 226 g/mol. The number of aromatic nitrogens is 1. The molecule has 88 valence electrons. The molecule has 1 aromatic heterocycles. The fourth-order valence-electron chi connectivity index (χ4n) is 1.34. The van der Waals surface area contributed by atoms with Crippen LogP contribution in [0.25, 0.3) is 0 Å². The molecule has 1 rings (SSSR count). The molecule has 1 aromatic rings. The third-order valence-corrected chi connectivity index (χ3v) is 2.62. The average molecular weight is 226 g/mol. The van der Waals surface area contributed by atoms with E-state index in [4.69, 9.17) is 5.73 Å². The van der Waals surface area contributed by atoms with Gasteiger partial charge in [-0.05, 0) is 12.1 Å². The maximum absolute atomic E-state index is 12.7. The molecule has 0 saturated heterocycles. The number of carbonyl (C=O) groups is 1. The lowest BCUT2D eigenvalue weighted by molar-refractivity contribution is -0.143. The fourth-order valence-corrected chi connectivity index (χ4v) is 1.34. The molecule has 1 heterocycles. The lowest BCUT2D eigenvalue weighted by Crippen LogP contribution is -2.47. The highest BCUT2D eigenvalue weighted by atomic mass is 19.1. The molecule has 0 saturated carbocycles. The molecule has 0 aliphatic rings. The highest BCUT2D eigenvalue weighted by Gasteiger charge is 2.35. The van der Waals surface area contributed by atoms with Gasteiger partial charge in [0.05, 0.1) is 13.3 Å². The Labute approximate surface area is 93.6 Å². The van der Waals surface area contributed by atoms with E-state index in [-0.39, 0.29) is 0 Å². The molecule has 0 spiro atoms. The molecule has 5 heteroatoms. The summed E-state index contributed by atoms with van der Waals surface area (Å²) in [5.41, 5.74) is 5.61. The third-order valence-electron chi connectivity index (χ3n) is 2.62. The van der Waals surface area contributed by atoms with Gasteiger partial charge < -0.3 is 10.5 Å². The Morgan fingerprint density at radius 2 is 2.19 bits per heavy atom. The highest BCUT2D eigenvalue weighted by Crippen LogP contribution is 2.24. The number of nitrogens with two attached hydrogens (primary N) is 1. The minimum absolute atomic E-state index is 0.425. The zero-order valence-corrected chi connectivity index (χ0v) is 9.53. The van der Waals surface area contributed by atoms with Crippen molar-refractivity contribution in [2.24, 2.45) is 5.73 Å². The SMILES string of the molecule is COC(=O)C(N)C(C)(C)c1ccc(F)cn1. The van der Waals surface area contributed by atoms with Gasteiger partial charge in [-0.2, -0.15) is 0 Å². The van der Waals surface area contributed by atoms with E-state index in [1.807, 2.05) is 0 Å². The lowest BCUT2D eigenvalue weighted by atomic mass is 9.81. The molecule has 4 nitrogen and oxygen atoms in total. The van der Waals surface area contributed by atoms with Crippen LogP contribution in [0.2, 0.25) is 0 Å². The number of rotatable bonds is 3. The summed E-state index contributed by atoms with van der Waals surface area (Å²) in [6.07, 6.45) is 1.10. The molecule has 16 heavy (non-hydrogen) atoms. The van der Waals surface area contributed by atoms with Gasteiger partial charge in [-0.25, -0.2) is 4.39 Å². The summed E-state index contributed by atoms with van der Waals surface area (Å²) >= 11 is 0. The third kappa shape index (κ3) is 2.36. The minimum Gasteiger partial charge on any atom is -0.468 e. The first-order valence-electron chi connectivity index (χ1n) is 4.85. The van der Waals surface area contributed by atoms with Crippen molar-refractivity contribution in [2.75, 3.05) is 7.11 Å². The summed E-state index contributed by atoms with van der Waals surface area (Å²) in [7, 11) is 1.27. The second kappa shape index (κ2) is 4.57. The van der Waals surface area contributed by atoms with Crippen LogP contribution in [0, 0.1) is 5.82 Å². The minimum atomic E-state index is -0.838. The molecule has 0 amide bonds. The van der Waals surface area contributed by atoms with Crippen LogP contribution in [0.5, 0.6) is 0 Å². The summed E-state index contributed by atoms with van der Waals surface area (Å²) in [5.74, 6) is -0.942. The highest BCUT2D eigenvalue weighted by molar-refractivity contribution is 5.77. The van der Waals surface area contributed by atoms with Crippen molar-refractivity contribution in [3.63, 3.8) is 0 Å². The second-order valence-electron chi connectivity index (χ2n) is 4.08. The molecule has 2 N–H and O–H groups in total. The van der Waals surface area contributed by atoms with Crippen LogP contribution in [-0.2, 0) is 14.9 Å². The number of carbonyl (C=O) groups excluding carboxylic acids is 1. The first kappa shape index (κ1) is 12.6. The van der Waals surface area contributed by atoms with E-state index in [1.54, 1.807) is 13.8 Å². The lowest BCUT2D eigenvalue weighted by Gasteiger charge is -2.28. The van der Waals surface area contributed by atoms with Crippen molar-refractivity contribution in [3.8, 4) is 0 Å². The quantitative estimate of drug-likeness (QED) is 0.781. The summed E-state index contributed by atoms with van der Waals surface area (Å²) in [6, 6.07) is 1.96. The second-order valence-corrected chi connectivity index (χ2v) is 4.08. The zero-order valence-electron chi connectivity index (χ0n) is 9.53. The molecule has 0 aliphatic heterocycles. The van der Waals surface area contributed by atoms with Crippen molar-refractivity contribution >= 4 is 5.97 Å². The number of esters is 1. The largest absolute Gasteiger partial charge is 0.468 e. The smallest absolute Gasteiger partial charge is 0.323 e. The summed E-state index contributed by atoms with van der Waals surface area (Å²) < 4.78 is 17.3. The van der Waals surface area contributed by atoms with E-state index in [0.29, 0.717) is 5.69 Å². The maximum Gasteiger partial charge on any atom is 0.323 e. The molecular formula is C11H15FN2O2. The number of nitrogens with zero attached hydrogens (tertiary/aromatic N) is 1. The standard InChI is InChI=1S/C11H15FN2O2/c1-11(2,9(13)10(15)16-3)8-5-4-7(12)6-14-8/h4-6,9H,13H2,1-3H3. The van der Waals surface area contributed by atoms with Crippen LogP contribution in [-0.4, -0.2) is 24.1 Å². The number of pyridine rings is 1. The molecule has 0 bridgehead atoms. The number of ether oxygens (including phenoxy) is 1. The van der Waals surface area contributed by atoms with Crippen LogP contribution < -0.4 is 5.73 Å². The van der Waals surface area contributed by atoms with E-state index in [0.717, 1.165) is 6.20 Å². The van der Waals surface area contributed by atoms with E-state index in [2.05, 4.69) is 9.72 Å². The van der Waals surface area contributed by atoms with E-state index in [1.165, 1.54) is 19.2 Å². The van der Waals surface area contributed by atoms with E-state index >= 15 is 0 Å². The fraction of sp³-hybridized carbons (Fsp3) is 0.455. The Hall–Kier alpha value is -1.49. The summed E-state index contributed by atoms with van der Waals surface area (Å²) in [6.45, 7) is 3.52. The van der Waals surface area contributed by atoms with Gasteiger partial charge in [0.1, 0.15) is 11.9 Å². The van der Waals surface area contributed by atoms with Gasteiger partial charge in [-0.1, -0.05) is 13.8 Å².